The summed E-state index contributed by atoms with van der Waals surface area (Å²) >= 11 is 0. The number of aryl methyl sites for hydroxylation is 1. The van der Waals surface area contributed by atoms with Crippen LogP contribution in [0.3, 0.4) is 0 Å². The Labute approximate surface area is 149 Å². The molecular weight excluding hydrogens is 333 g/mol. The molecule has 0 aliphatic carbocycles. The summed E-state index contributed by atoms with van der Waals surface area (Å²) in [5.41, 5.74) is 2.64. The maximum absolute atomic E-state index is 12.5. The number of carbonyl (C=O) groups excluding carboxylic acids is 1. The van der Waals surface area contributed by atoms with Crippen LogP contribution < -0.4 is 14.8 Å². The van der Waals surface area contributed by atoms with E-state index < -0.39 is 0 Å². The minimum atomic E-state index is -0.0363. The number of ketones is 1. The van der Waals surface area contributed by atoms with Crippen molar-refractivity contribution in [1.82, 2.24) is 4.57 Å². The predicted molar refractivity (Wildman–Crippen MR) is 105 cm³/mol. The highest BCUT2D eigenvalue weighted by atomic mass is 31.0. The zero-order valence-electron chi connectivity index (χ0n) is 14.4. The number of hydrogen-bond acceptors (Lipinski definition) is 3. The van der Waals surface area contributed by atoms with E-state index >= 15 is 0 Å². The lowest BCUT2D eigenvalue weighted by Gasteiger charge is -2.11. The molecule has 3 rings (SSSR count). The monoisotopic (exact) mass is 353 g/mol. The van der Waals surface area contributed by atoms with Gasteiger partial charge in [0.25, 0.3) is 0 Å². The summed E-state index contributed by atoms with van der Waals surface area (Å²) < 4.78 is 12.7. The van der Waals surface area contributed by atoms with Crippen molar-refractivity contribution in [3.05, 3.63) is 59.8 Å². The van der Waals surface area contributed by atoms with Gasteiger partial charge in [0.15, 0.2) is 17.3 Å². The molecule has 25 heavy (non-hydrogen) atoms. The Bertz CT molecular complexity index is 972. The van der Waals surface area contributed by atoms with E-state index in [-0.39, 0.29) is 5.78 Å². The Morgan fingerprint density at radius 3 is 2.64 bits per heavy atom. The van der Waals surface area contributed by atoms with Gasteiger partial charge in [-0.2, -0.15) is 0 Å². The highest BCUT2D eigenvalue weighted by molar-refractivity contribution is 7.27. The minimum absolute atomic E-state index is 0.0363. The predicted octanol–water partition coefficient (Wildman–Crippen LogP) is 3.59. The van der Waals surface area contributed by atoms with Gasteiger partial charge in [-0.25, -0.2) is 0 Å². The van der Waals surface area contributed by atoms with Gasteiger partial charge >= 0.3 is 0 Å². The van der Waals surface area contributed by atoms with Gasteiger partial charge in [0.05, 0.1) is 14.2 Å². The first-order valence-electron chi connectivity index (χ1n) is 7.82. The molecule has 1 heterocycles. The number of aromatic nitrogens is 1. The van der Waals surface area contributed by atoms with Gasteiger partial charge in [-0.15, -0.1) is 9.24 Å². The fourth-order valence-electron chi connectivity index (χ4n) is 2.82. The lowest BCUT2D eigenvalue weighted by atomic mass is 10.1. The van der Waals surface area contributed by atoms with Gasteiger partial charge in [0, 0.05) is 35.0 Å². The Morgan fingerprint density at radius 2 is 1.92 bits per heavy atom. The van der Waals surface area contributed by atoms with E-state index in [2.05, 4.69) is 9.24 Å². The number of hydrogen-bond donors (Lipinski definition) is 0. The molecule has 0 aliphatic heterocycles. The molecule has 1 aromatic heterocycles. The van der Waals surface area contributed by atoms with E-state index in [0.29, 0.717) is 17.1 Å². The number of rotatable bonds is 5. The van der Waals surface area contributed by atoms with Crippen molar-refractivity contribution < 1.29 is 14.3 Å². The second kappa shape index (κ2) is 7.12. The number of fused-ring (bicyclic) bond motifs is 1. The molecular formula is C20H20NO3P. The molecule has 0 N–H and O–H groups in total. The maximum atomic E-state index is 12.5. The van der Waals surface area contributed by atoms with Crippen molar-refractivity contribution in [2.24, 2.45) is 7.05 Å². The van der Waals surface area contributed by atoms with E-state index in [1.165, 1.54) is 0 Å². The molecule has 0 spiro atoms. The number of benzene rings is 2. The Kier molecular flexibility index (Phi) is 4.91. The number of ether oxygens (including phenoxy) is 2. The molecule has 4 nitrogen and oxygen atoms in total. The number of allylic oxidation sites excluding steroid dienone is 1. The molecule has 1 unspecified atom stereocenters. The minimum Gasteiger partial charge on any atom is -0.493 e. The first kappa shape index (κ1) is 17.2. The second-order valence-electron chi connectivity index (χ2n) is 5.74. The average molecular weight is 353 g/mol. The number of methoxy groups -OCH3 is 2. The van der Waals surface area contributed by atoms with Crippen molar-refractivity contribution in [2.45, 2.75) is 0 Å². The Balaban J connectivity index is 1.87. The third-order valence-corrected chi connectivity index (χ3v) is 4.56. The van der Waals surface area contributed by atoms with Gasteiger partial charge in [0.2, 0.25) is 0 Å². The van der Waals surface area contributed by atoms with Crippen molar-refractivity contribution in [3.63, 3.8) is 0 Å². The SMILES string of the molecule is COc1cc(/C=C/C(=O)c2ccc3c(ccn3C)c2)cc(P)c1OC. The summed E-state index contributed by atoms with van der Waals surface area (Å²) in [5, 5.41) is 1.93. The van der Waals surface area contributed by atoms with Gasteiger partial charge < -0.3 is 14.0 Å². The lowest BCUT2D eigenvalue weighted by Crippen LogP contribution is -2.02. The highest BCUT2D eigenvalue weighted by Crippen LogP contribution is 2.28. The lowest BCUT2D eigenvalue weighted by molar-refractivity contribution is 0.104. The molecule has 0 radical (unpaired) electrons. The quantitative estimate of drug-likeness (QED) is 0.400. The summed E-state index contributed by atoms with van der Waals surface area (Å²) in [4.78, 5) is 12.5. The third-order valence-electron chi connectivity index (χ3n) is 4.13. The van der Waals surface area contributed by atoms with E-state index in [1.54, 1.807) is 26.4 Å². The topological polar surface area (TPSA) is 40.5 Å². The fraction of sp³-hybridized carbons (Fsp3) is 0.150. The van der Waals surface area contributed by atoms with Crippen LogP contribution in [0.25, 0.3) is 17.0 Å². The molecule has 0 fully saturated rings. The Morgan fingerprint density at radius 1 is 1.12 bits per heavy atom. The molecule has 0 aliphatic rings. The van der Waals surface area contributed by atoms with E-state index in [0.717, 1.165) is 21.8 Å². The summed E-state index contributed by atoms with van der Waals surface area (Å²) in [6, 6.07) is 11.5. The van der Waals surface area contributed by atoms with Crippen molar-refractivity contribution in [2.75, 3.05) is 14.2 Å². The molecule has 2 aromatic carbocycles. The zero-order chi connectivity index (χ0) is 18.0. The summed E-state index contributed by atoms with van der Waals surface area (Å²) in [7, 11) is 7.80. The van der Waals surface area contributed by atoms with Crippen LogP contribution in [0.4, 0.5) is 0 Å². The van der Waals surface area contributed by atoms with Crippen LogP contribution >= 0.6 is 9.24 Å². The second-order valence-corrected chi connectivity index (χ2v) is 6.37. The molecule has 0 saturated carbocycles. The number of carbonyl (C=O) groups is 1. The summed E-state index contributed by atoms with van der Waals surface area (Å²) in [6.45, 7) is 0. The van der Waals surface area contributed by atoms with Crippen LogP contribution in [0.5, 0.6) is 11.5 Å². The smallest absolute Gasteiger partial charge is 0.185 e. The van der Waals surface area contributed by atoms with Crippen LogP contribution in [0, 0.1) is 0 Å². The van der Waals surface area contributed by atoms with Crippen molar-refractivity contribution >= 4 is 37.3 Å². The largest absolute Gasteiger partial charge is 0.493 e. The first-order chi connectivity index (χ1) is 12.0. The molecule has 0 amide bonds. The standard InChI is InChI=1S/C20H20NO3P/c1-21-9-8-14-12-15(5-6-16(14)21)17(22)7-4-13-10-18(23-2)20(24-3)19(25)11-13/h4-12H,25H2,1-3H3/b7-4+. The first-order valence-corrected chi connectivity index (χ1v) is 8.40. The molecule has 5 heteroatoms. The summed E-state index contributed by atoms with van der Waals surface area (Å²) in [5.74, 6) is 1.27. The van der Waals surface area contributed by atoms with E-state index in [4.69, 9.17) is 9.47 Å². The summed E-state index contributed by atoms with van der Waals surface area (Å²) in [6.07, 6.45) is 5.35. The molecule has 0 bridgehead atoms. The van der Waals surface area contributed by atoms with Gasteiger partial charge in [-0.05, 0) is 48.0 Å². The van der Waals surface area contributed by atoms with Gasteiger partial charge in [0.1, 0.15) is 0 Å². The van der Waals surface area contributed by atoms with Crippen LogP contribution in [0.1, 0.15) is 15.9 Å². The van der Waals surface area contributed by atoms with Crippen LogP contribution in [0.2, 0.25) is 0 Å². The third kappa shape index (κ3) is 3.45. The highest BCUT2D eigenvalue weighted by Gasteiger charge is 2.09. The van der Waals surface area contributed by atoms with Crippen molar-refractivity contribution in [3.8, 4) is 11.5 Å². The maximum Gasteiger partial charge on any atom is 0.185 e. The van der Waals surface area contributed by atoms with E-state index in [9.17, 15) is 4.79 Å². The normalized spacial score (nSPS) is 11.2. The number of nitrogens with zero attached hydrogens (tertiary/aromatic N) is 1. The molecule has 1 atom stereocenters. The average Bonchev–Trinajstić information content (AvgIpc) is 2.99. The molecule has 128 valence electrons. The van der Waals surface area contributed by atoms with Crippen LogP contribution in [0.15, 0.2) is 48.7 Å². The Hall–Kier alpha value is -2.58. The van der Waals surface area contributed by atoms with E-state index in [1.807, 2.05) is 54.2 Å². The van der Waals surface area contributed by atoms with Gasteiger partial charge in [-0.3, -0.25) is 4.79 Å². The van der Waals surface area contributed by atoms with Crippen LogP contribution in [-0.2, 0) is 7.05 Å². The van der Waals surface area contributed by atoms with Crippen LogP contribution in [-0.4, -0.2) is 24.6 Å². The molecule has 0 saturated heterocycles. The van der Waals surface area contributed by atoms with Crippen molar-refractivity contribution in [1.29, 1.82) is 0 Å². The molecule has 3 aromatic rings. The van der Waals surface area contributed by atoms with Gasteiger partial charge in [-0.1, -0.05) is 6.08 Å². The fourth-order valence-corrected chi connectivity index (χ4v) is 3.27. The zero-order valence-corrected chi connectivity index (χ0v) is 15.6.